The van der Waals surface area contributed by atoms with Gasteiger partial charge in [0.1, 0.15) is 0 Å². The average molecular weight is 183 g/mol. The van der Waals surface area contributed by atoms with Crippen molar-refractivity contribution in [2.24, 2.45) is 0 Å². The summed E-state index contributed by atoms with van der Waals surface area (Å²) in [6, 6.07) is 0. The fraction of sp³-hybridized carbons (Fsp3) is 0.600. The van der Waals surface area contributed by atoms with Gasteiger partial charge in [-0.1, -0.05) is 10.9 Å². The molecule has 0 aliphatic carbocycles. The molecule has 2 heteroatoms. The summed E-state index contributed by atoms with van der Waals surface area (Å²) >= 11 is 0. The van der Waals surface area contributed by atoms with E-state index in [4.69, 9.17) is 0 Å². The lowest BCUT2D eigenvalue weighted by atomic mass is 10.3. The molecule has 0 bridgehead atoms. The Balaban J connectivity index is 0. The van der Waals surface area contributed by atoms with E-state index in [0.717, 1.165) is 0 Å². The van der Waals surface area contributed by atoms with Crippen LogP contribution in [0.5, 0.6) is 0 Å². The second kappa shape index (κ2) is 4.80. The Morgan fingerprint density at radius 2 is 1.29 bits per heavy atom. The molecule has 0 aromatic heterocycles. The van der Waals surface area contributed by atoms with E-state index in [0.29, 0.717) is 0 Å². The minimum atomic E-state index is 0. The minimum Gasteiger partial charge on any atom is -0.114 e. The first kappa shape index (κ1) is 10.6. The van der Waals surface area contributed by atoms with Crippen LogP contribution in [0, 0.1) is 0 Å². The zero-order chi connectivity index (χ0) is 5.15. The summed E-state index contributed by atoms with van der Waals surface area (Å²) in [6.45, 7) is 6.28. The molecule has 0 saturated carbocycles. The van der Waals surface area contributed by atoms with Crippen LogP contribution in [0.15, 0.2) is 10.9 Å². The molecule has 0 N–H and O–H groups in total. The minimum absolute atomic E-state index is 0. The summed E-state index contributed by atoms with van der Waals surface area (Å²) in [5.41, 5.74) is 1.39. The molecular formula is C5H12BrP. The highest BCUT2D eigenvalue weighted by Crippen LogP contribution is 2.07. The third kappa shape index (κ3) is 6.65. The maximum atomic E-state index is 2.65. The van der Waals surface area contributed by atoms with Gasteiger partial charge in [-0.05, 0) is 20.8 Å². The average Bonchev–Trinajstić information content (AvgIpc) is 1.36. The van der Waals surface area contributed by atoms with Crippen LogP contribution >= 0.6 is 26.2 Å². The van der Waals surface area contributed by atoms with Gasteiger partial charge in [0.15, 0.2) is 0 Å². The molecule has 0 heterocycles. The standard InChI is InChI=1S/C5H11P.BrH/c1-4(2)5(3)6;/h6H2,1-3H3;1H. The molecule has 0 aliphatic rings. The van der Waals surface area contributed by atoms with Crippen molar-refractivity contribution in [2.45, 2.75) is 20.8 Å². The monoisotopic (exact) mass is 182 g/mol. The summed E-state index contributed by atoms with van der Waals surface area (Å²) in [5, 5.41) is 1.34. The lowest BCUT2D eigenvalue weighted by molar-refractivity contribution is 1.34. The van der Waals surface area contributed by atoms with Gasteiger partial charge in [-0.25, -0.2) is 0 Å². The van der Waals surface area contributed by atoms with E-state index in [2.05, 4.69) is 30.0 Å². The third-order valence-electron chi connectivity index (χ3n) is 0.789. The molecule has 0 amide bonds. The second-order valence-electron chi connectivity index (χ2n) is 1.68. The number of hydrogen-bond donors (Lipinski definition) is 0. The lowest BCUT2D eigenvalue weighted by Crippen LogP contribution is -1.61. The highest BCUT2D eigenvalue weighted by molar-refractivity contribution is 8.93. The first-order valence-electron chi connectivity index (χ1n) is 2.04. The smallest absolute Gasteiger partial charge is 0.0399 e. The molecule has 44 valence electrons. The Hall–Kier alpha value is 0.650. The Kier molecular flexibility index (Phi) is 7.27. The van der Waals surface area contributed by atoms with E-state index in [1.54, 1.807) is 0 Å². The van der Waals surface area contributed by atoms with E-state index >= 15 is 0 Å². The summed E-state index contributed by atoms with van der Waals surface area (Å²) in [5.74, 6) is 0. The van der Waals surface area contributed by atoms with Crippen LogP contribution in [0.3, 0.4) is 0 Å². The lowest BCUT2D eigenvalue weighted by Gasteiger charge is -1.87. The van der Waals surface area contributed by atoms with Crippen molar-refractivity contribution < 1.29 is 0 Å². The van der Waals surface area contributed by atoms with Crippen LogP contribution in [0.4, 0.5) is 0 Å². The quantitative estimate of drug-likeness (QED) is 0.506. The van der Waals surface area contributed by atoms with Gasteiger partial charge >= 0.3 is 0 Å². The Bertz CT molecular complexity index is 58.1. The fourth-order valence-corrected chi connectivity index (χ4v) is 0. The van der Waals surface area contributed by atoms with Gasteiger partial charge in [-0.3, -0.25) is 0 Å². The van der Waals surface area contributed by atoms with Crippen molar-refractivity contribution in [3.05, 3.63) is 10.9 Å². The Labute approximate surface area is 58.4 Å². The van der Waals surface area contributed by atoms with Gasteiger partial charge in [-0.2, -0.15) is 0 Å². The van der Waals surface area contributed by atoms with Crippen molar-refractivity contribution >= 4 is 26.2 Å². The zero-order valence-corrected chi connectivity index (χ0v) is 7.85. The zero-order valence-electron chi connectivity index (χ0n) is 4.99. The molecule has 7 heavy (non-hydrogen) atoms. The maximum Gasteiger partial charge on any atom is -0.0399 e. The fourth-order valence-electron chi connectivity index (χ4n) is 0. The van der Waals surface area contributed by atoms with Crippen LogP contribution in [-0.4, -0.2) is 0 Å². The Morgan fingerprint density at radius 3 is 1.29 bits per heavy atom. The van der Waals surface area contributed by atoms with Gasteiger partial charge in [-0.15, -0.1) is 26.2 Å². The molecule has 0 aliphatic heterocycles. The highest BCUT2D eigenvalue weighted by Gasteiger charge is 1.75. The maximum absolute atomic E-state index is 2.65. The molecule has 1 unspecified atom stereocenters. The molecule has 0 nitrogen and oxygen atoms in total. The van der Waals surface area contributed by atoms with Gasteiger partial charge in [0.05, 0.1) is 0 Å². The van der Waals surface area contributed by atoms with Crippen molar-refractivity contribution in [1.82, 2.24) is 0 Å². The number of rotatable bonds is 0. The first-order valence-corrected chi connectivity index (χ1v) is 2.62. The van der Waals surface area contributed by atoms with Crippen LogP contribution in [0.25, 0.3) is 0 Å². The van der Waals surface area contributed by atoms with Gasteiger partial charge in [0.2, 0.25) is 0 Å². The summed E-state index contributed by atoms with van der Waals surface area (Å²) in [6.07, 6.45) is 0. The second-order valence-corrected chi connectivity index (χ2v) is 2.55. The molecule has 0 rings (SSSR count). The van der Waals surface area contributed by atoms with Gasteiger partial charge in [0.25, 0.3) is 0 Å². The predicted octanol–water partition coefficient (Wildman–Crippen LogP) is 2.75. The van der Waals surface area contributed by atoms with E-state index in [-0.39, 0.29) is 17.0 Å². The molecule has 0 saturated heterocycles. The van der Waals surface area contributed by atoms with Crippen LogP contribution in [0.2, 0.25) is 0 Å². The molecule has 1 atom stereocenters. The van der Waals surface area contributed by atoms with Crippen LogP contribution in [0.1, 0.15) is 20.8 Å². The summed E-state index contributed by atoms with van der Waals surface area (Å²) < 4.78 is 0. The molecule has 0 aromatic carbocycles. The van der Waals surface area contributed by atoms with Crippen LogP contribution < -0.4 is 0 Å². The van der Waals surface area contributed by atoms with Gasteiger partial charge in [0, 0.05) is 0 Å². The molecule has 0 spiro atoms. The van der Waals surface area contributed by atoms with Crippen molar-refractivity contribution in [3.8, 4) is 0 Å². The molecule has 0 fully saturated rings. The van der Waals surface area contributed by atoms with E-state index in [1.807, 2.05) is 0 Å². The summed E-state index contributed by atoms with van der Waals surface area (Å²) in [7, 11) is 2.65. The highest BCUT2D eigenvalue weighted by atomic mass is 79.9. The van der Waals surface area contributed by atoms with Crippen molar-refractivity contribution in [1.29, 1.82) is 0 Å². The van der Waals surface area contributed by atoms with E-state index in [9.17, 15) is 0 Å². The molecule has 0 aromatic rings. The molecule has 0 radical (unpaired) electrons. The SMILES string of the molecule is Br.CC(C)=C(C)P. The van der Waals surface area contributed by atoms with E-state index in [1.165, 1.54) is 10.9 Å². The number of hydrogen-bond acceptors (Lipinski definition) is 0. The predicted molar refractivity (Wildman–Crippen MR) is 44.1 cm³/mol. The Morgan fingerprint density at radius 1 is 1.14 bits per heavy atom. The van der Waals surface area contributed by atoms with Gasteiger partial charge < -0.3 is 0 Å². The number of allylic oxidation sites excluding steroid dienone is 2. The first-order chi connectivity index (χ1) is 2.64. The van der Waals surface area contributed by atoms with E-state index < -0.39 is 0 Å². The largest absolute Gasteiger partial charge is 0.114 e. The topological polar surface area (TPSA) is 0 Å². The van der Waals surface area contributed by atoms with Crippen LogP contribution in [-0.2, 0) is 0 Å². The van der Waals surface area contributed by atoms with Crippen molar-refractivity contribution in [2.75, 3.05) is 0 Å². The summed E-state index contributed by atoms with van der Waals surface area (Å²) in [4.78, 5) is 0. The third-order valence-corrected chi connectivity index (χ3v) is 1.37. The normalized spacial score (nSPS) is 6.86. The van der Waals surface area contributed by atoms with Crippen molar-refractivity contribution in [3.63, 3.8) is 0 Å². The molecular weight excluding hydrogens is 171 g/mol. The number of halogens is 1.